The fraction of sp³-hybridized carbons (Fsp3) is 0.438. The van der Waals surface area contributed by atoms with E-state index in [0.29, 0.717) is 0 Å². The van der Waals surface area contributed by atoms with Crippen LogP contribution >= 0.6 is 0 Å². The Labute approximate surface area is 113 Å². The molecule has 0 bridgehead atoms. The summed E-state index contributed by atoms with van der Waals surface area (Å²) in [5.41, 5.74) is 5.07. The lowest BCUT2D eigenvalue weighted by molar-refractivity contribution is 0.0501. The molecule has 1 aromatic carbocycles. The summed E-state index contributed by atoms with van der Waals surface area (Å²) in [5, 5.41) is 1.26. The molecule has 0 N–H and O–H groups in total. The van der Waals surface area contributed by atoms with E-state index in [1.54, 1.807) is 0 Å². The maximum absolute atomic E-state index is 6.05. The molecule has 0 fully saturated rings. The Kier molecular flexibility index (Phi) is 2.49. The summed E-state index contributed by atoms with van der Waals surface area (Å²) in [6.07, 6.45) is 3.65. The topological polar surface area (TPSA) is 25.4 Å². The average molecular weight is 254 g/mol. The molecule has 1 aromatic heterocycles. The zero-order chi connectivity index (χ0) is 12.8. The molecule has 2 aliphatic rings. The first-order chi connectivity index (χ1) is 9.34. The van der Waals surface area contributed by atoms with Crippen LogP contribution in [0.5, 0.6) is 0 Å². The molecule has 1 aliphatic heterocycles. The van der Waals surface area contributed by atoms with Crippen molar-refractivity contribution >= 4 is 16.6 Å². The van der Waals surface area contributed by atoms with Gasteiger partial charge >= 0.3 is 0 Å². The van der Waals surface area contributed by atoms with Gasteiger partial charge in [0, 0.05) is 30.2 Å². The number of para-hydroxylation sites is 1. The van der Waals surface area contributed by atoms with E-state index >= 15 is 0 Å². The number of pyridine rings is 1. The highest BCUT2D eigenvalue weighted by Crippen LogP contribution is 2.43. The molecule has 1 unspecified atom stereocenters. The van der Waals surface area contributed by atoms with Gasteiger partial charge in [0.15, 0.2) is 0 Å². The number of hydrogen-bond acceptors (Lipinski definition) is 3. The lowest BCUT2D eigenvalue weighted by atomic mass is 9.90. The van der Waals surface area contributed by atoms with Crippen molar-refractivity contribution < 1.29 is 4.74 Å². The highest BCUT2D eigenvalue weighted by molar-refractivity contribution is 5.94. The van der Waals surface area contributed by atoms with Crippen molar-refractivity contribution in [3.63, 3.8) is 0 Å². The number of benzene rings is 1. The van der Waals surface area contributed by atoms with Crippen LogP contribution in [-0.2, 0) is 11.2 Å². The molecule has 1 atom stereocenters. The van der Waals surface area contributed by atoms with E-state index in [1.165, 1.54) is 28.8 Å². The number of rotatable bonds is 0. The minimum atomic E-state index is 0.251. The normalized spacial score (nSPS) is 22.2. The first-order valence-corrected chi connectivity index (χ1v) is 7.09. The first-order valence-electron chi connectivity index (χ1n) is 7.09. The van der Waals surface area contributed by atoms with Crippen molar-refractivity contribution in [2.24, 2.45) is 0 Å². The third-order valence-electron chi connectivity index (χ3n) is 4.31. The summed E-state index contributed by atoms with van der Waals surface area (Å²) in [4.78, 5) is 7.22. The smallest absolute Gasteiger partial charge is 0.0864 e. The molecule has 0 spiro atoms. The van der Waals surface area contributed by atoms with E-state index in [4.69, 9.17) is 9.72 Å². The van der Waals surface area contributed by atoms with E-state index in [2.05, 4.69) is 36.2 Å². The van der Waals surface area contributed by atoms with E-state index in [9.17, 15) is 0 Å². The van der Waals surface area contributed by atoms with E-state index in [1.807, 2.05) is 0 Å². The zero-order valence-electron chi connectivity index (χ0n) is 11.2. The first kappa shape index (κ1) is 11.2. The second kappa shape index (κ2) is 4.20. The third-order valence-corrected chi connectivity index (χ3v) is 4.31. The Morgan fingerprint density at radius 1 is 1.32 bits per heavy atom. The minimum absolute atomic E-state index is 0.251. The summed E-state index contributed by atoms with van der Waals surface area (Å²) < 4.78 is 6.05. The Bertz CT molecular complexity index is 638. The molecule has 19 heavy (non-hydrogen) atoms. The van der Waals surface area contributed by atoms with Crippen LogP contribution < -0.4 is 4.90 Å². The molecule has 0 saturated carbocycles. The van der Waals surface area contributed by atoms with Gasteiger partial charge in [0.25, 0.3) is 0 Å². The second-order valence-electron chi connectivity index (χ2n) is 5.51. The maximum atomic E-state index is 6.05. The molecule has 0 amide bonds. The summed E-state index contributed by atoms with van der Waals surface area (Å²) in [5.74, 6) is 0. The summed E-state index contributed by atoms with van der Waals surface area (Å²) in [6.45, 7) is 1.76. The van der Waals surface area contributed by atoms with Gasteiger partial charge in [-0.1, -0.05) is 18.2 Å². The SMILES string of the molecule is CN1CCOC2CCCc3nc4ccccc4c1c32. The fourth-order valence-corrected chi connectivity index (χ4v) is 3.41. The van der Waals surface area contributed by atoms with E-state index in [-0.39, 0.29) is 6.10 Å². The van der Waals surface area contributed by atoms with Gasteiger partial charge in [-0.25, -0.2) is 0 Å². The maximum Gasteiger partial charge on any atom is 0.0864 e. The van der Waals surface area contributed by atoms with Crippen molar-refractivity contribution in [2.75, 3.05) is 25.1 Å². The van der Waals surface area contributed by atoms with Crippen molar-refractivity contribution in [3.8, 4) is 0 Å². The number of likely N-dealkylation sites (N-methyl/N-ethyl adjacent to an activating group) is 1. The van der Waals surface area contributed by atoms with Crippen LogP contribution in [-0.4, -0.2) is 25.2 Å². The molecule has 4 rings (SSSR count). The van der Waals surface area contributed by atoms with Gasteiger partial charge < -0.3 is 9.64 Å². The van der Waals surface area contributed by atoms with E-state index < -0.39 is 0 Å². The number of hydrogen-bond donors (Lipinski definition) is 0. The van der Waals surface area contributed by atoms with Gasteiger partial charge in [-0.05, 0) is 25.3 Å². The largest absolute Gasteiger partial charge is 0.372 e. The molecule has 2 aromatic rings. The number of ether oxygens (including phenoxy) is 1. The van der Waals surface area contributed by atoms with Crippen LogP contribution in [0.25, 0.3) is 10.9 Å². The molecule has 0 saturated heterocycles. The van der Waals surface area contributed by atoms with Crippen molar-refractivity contribution in [3.05, 3.63) is 35.5 Å². The summed E-state index contributed by atoms with van der Waals surface area (Å²) in [6, 6.07) is 8.48. The van der Waals surface area contributed by atoms with Gasteiger partial charge in [-0.3, -0.25) is 4.98 Å². The molecule has 2 heterocycles. The Hall–Kier alpha value is -1.61. The molecule has 0 radical (unpaired) electrons. The monoisotopic (exact) mass is 254 g/mol. The predicted molar refractivity (Wildman–Crippen MR) is 76.6 cm³/mol. The van der Waals surface area contributed by atoms with Gasteiger partial charge in [0.05, 0.1) is 23.9 Å². The summed E-state index contributed by atoms with van der Waals surface area (Å²) >= 11 is 0. The fourth-order valence-electron chi connectivity index (χ4n) is 3.41. The molecule has 98 valence electrons. The van der Waals surface area contributed by atoms with Crippen LogP contribution in [0.2, 0.25) is 0 Å². The van der Waals surface area contributed by atoms with Gasteiger partial charge in [0.1, 0.15) is 0 Å². The van der Waals surface area contributed by atoms with Crippen LogP contribution in [0.4, 0.5) is 5.69 Å². The highest BCUT2D eigenvalue weighted by Gasteiger charge is 2.30. The number of aryl methyl sites for hydroxylation is 1. The van der Waals surface area contributed by atoms with Crippen LogP contribution in [0, 0.1) is 0 Å². The molecule has 3 nitrogen and oxygen atoms in total. The molecule has 3 heteroatoms. The molecule has 1 aliphatic carbocycles. The third kappa shape index (κ3) is 1.65. The Morgan fingerprint density at radius 2 is 2.21 bits per heavy atom. The van der Waals surface area contributed by atoms with Crippen LogP contribution in [0.1, 0.15) is 30.2 Å². The number of anilines is 1. The highest BCUT2D eigenvalue weighted by atomic mass is 16.5. The number of nitrogens with zero attached hydrogens (tertiary/aromatic N) is 2. The lowest BCUT2D eigenvalue weighted by Crippen LogP contribution is -2.21. The number of fused-ring (bicyclic) bond motifs is 2. The van der Waals surface area contributed by atoms with Crippen LogP contribution in [0.3, 0.4) is 0 Å². The Morgan fingerprint density at radius 3 is 3.16 bits per heavy atom. The average Bonchev–Trinajstić information content (AvgIpc) is 2.60. The lowest BCUT2D eigenvalue weighted by Gasteiger charge is -2.28. The van der Waals surface area contributed by atoms with E-state index in [0.717, 1.165) is 31.5 Å². The second-order valence-corrected chi connectivity index (χ2v) is 5.51. The predicted octanol–water partition coefficient (Wildman–Crippen LogP) is 3.08. The molecular formula is C16H18N2O. The standard InChI is InChI=1S/C16H18N2O/c1-18-9-10-19-14-8-4-7-13-15(14)16(18)11-5-2-3-6-12(11)17-13/h2-3,5-6,14H,4,7-10H2,1H3. The van der Waals surface area contributed by atoms with Crippen molar-refractivity contribution in [1.29, 1.82) is 0 Å². The quantitative estimate of drug-likeness (QED) is 0.722. The Balaban J connectivity index is 2.09. The van der Waals surface area contributed by atoms with Gasteiger partial charge in [-0.2, -0.15) is 0 Å². The minimum Gasteiger partial charge on any atom is -0.372 e. The number of aromatic nitrogens is 1. The summed E-state index contributed by atoms with van der Waals surface area (Å²) in [7, 11) is 2.17. The van der Waals surface area contributed by atoms with Crippen molar-refractivity contribution in [1.82, 2.24) is 4.98 Å². The molecular weight excluding hydrogens is 236 g/mol. The van der Waals surface area contributed by atoms with Gasteiger partial charge in [-0.15, -0.1) is 0 Å². The van der Waals surface area contributed by atoms with Crippen molar-refractivity contribution in [2.45, 2.75) is 25.4 Å². The van der Waals surface area contributed by atoms with Gasteiger partial charge in [0.2, 0.25) is 0 Å². The zero-order valence-corrected chi connectivity index (χ0v) is 11.2. The van der Waals surface area contributed by atoms with Crippen LogP contribution in [0.15, 0.2) is 24.3 Å².